The number of nitrogens with one attached hydrogen (secondary N) is 2. The zero-order valence-electron chi connectivity index (χ0n) is 15.5. The lowest BCUT2D eigenvalue weighted by Crippen LogP contribution is -2.18. The Morgan fingerprint density at radius 1 is 1.00 bits per heavy atom. The average Bonchev–Trinajstić information content (AvgIpc) is 3.38. The summed E-state index contributed by atoms with van der Waals surface area (Å²) in [5.74, 6) is 0. The first kappa shape index (κ1) is 16.9. The zero-order valence-corrected chi connectivity index (χ0v) is 15.5. The molecule has 0 spiro atoms. The van der Waals surface area contributed by atoms with Gasteiger partial charge in [-0.05, 0) is 61.8 Å². The third kappa shape index (κ3) is 3.23. The number of fused-ring (bicyclic) bond motifs is 1. The van der Waals surface area contributed by atoms with E-state index in [1.807, 2.05) is 24.3 Å². The number of hydrogen-bond donors (Lipinski definition) is 2. The van der Waals surface area contributed by atoms with Crippen LogP contribution in [-0.4, -0.2) is 38.2 Å². The van der Waals surface area contributed by atoms with Crippen molar-refractivity contribution in [3.8, 4) is 22.5 Å². The van der Waals surface area contributed by atoms with E-state index in [0.29, 0.717) is 11.3 Å². The van der Waals surface area contributed by atoms with Crippen molar-refractivity contribution in [1.82, 2.24) is 25.1 Å². The number of H-pyrrole nitrogens is 2. The molecule has 3 aromatic heterocycles. The summed E-state index contributed by atoms with van der Waals surface area (Å²) < 4.78 is 0. The Morgan fingerprint density at radius 2 is 1.82 bits per heavy atom. The number of likely N-dealkylation sites (tertiary alicyclic amines) is 1. The molecule has 4 heterocycles. The van der Waals surface area contributed by atoms with E-state index in [9.17, 15) is 4.79 Å². The van der Waals surface area contributed by atoms with Crippen molar-refractivity contribution in [3.63, 3.8) is 0 Å². The molecule has 0 atom stereocenters. The van der Waals surface area contributed by atoms with Crippen LogP contribution in [0.4, 0.5) is 0 Å². The van der Waals surface area contributed by atoms with Crippen molar-refractivity contribution in [2.75, 3.05) is 13.1 Å². The van der Waals surface area contributed by atoms with Gasteiger partial charge in [0.05, 0.1) is 17.0 Å². The summed E-state index contributed by atoms with van der Waals surface area (Å²) in [5.41, 5.74) is 5.15. The molecule has 0 aliphatic carbocycles. The molecule has 140 valence electrons. The zero-order chi connectivity index (χ0) is 18.9. The number of rotatable bonds is 4. The van der Waals surface area contributed by atoms with E-state index in [1.54, 1.807) is 12.4 Å². The van der Waals surface area contributed by atoms with E-state index in [1.165, 1.54) is 31.5 Å². The fourth-order valence-electron chi connectivity index (χ4n) is 3.89. The molecular formula is C22H21N5O. The molecule has 1 aliphatic heterocycles. The van der Waals surface area contributed by atoms with Crippen LogP contribution in [-0.2, 0) is 6.54 Å². The number of pyridine rings is 1. The van der Waals surface area contributed by atoms with Crippen LogP contribution in [0.2, 0.25) is 0 Å². The molecule has 0 saturated carbocycles. The van der Waals surface area contributed by atoms with E-state index < -0.39 is 0 Å². The monoisotopic (exact) mass is 371 g/mol. The van der Waals surface area contributed by atoms with Crippen LogP contribution in [0.3, 0.4) is 0 Å². The number of benzene rings is 1. The fourth-order valence-corrected chi connectivity index (χ4v) is 3.89. The third-order valence-electron chi connectivity index (χ3n) is 5.36. The molecule has 28 heavy (non-hydrogen) atoms. The maximum atomic E-state index is 12.4. The highest BCUT2D eigenvalue weighted by Crippen LogP contribution is 2.26. The highest BCUT2D eigenvalue weighted by atomic mass is 16.1. The predicted octanol–water partition coefficient (Wildman–Crippen LogP) is 3.58. The van der Waals surface area contributed by atoms with Gasteiger partial charge in [0.1, 0.15) is 0 Å². The maximum Gasteiger partial charge on any atom is 0.273 e. The summed E-state index contributed by atoms with van der Waals surface area (Å²) in [4.78, 5) is 22.4. The highest BCUT2D eigenvalue weighted by Gasteiger charge is 2.14. The van der Waals surface area contributed by atoms with Crippen LogP contribution >= 0.6 is 0 Å². The van der Waals surface area contributed by atoms with E-state index in [4.69, 9.17) is 0 Å². The van der Waals surface area contributed by atoms with E-state index in [0.717, 1.165) is 28.7 Å². The van der Waals surface area contributed by atoms with Gasteiger partial charge in [0, 0.05) is 35.4 Å². The fraction of sp³-hybridized carbons (Fsp3) is 0.227. The van der Waals surface area contributed by atoms with Crippen molar-refractivity contribution in [3.05, 3.63) is 70.8 Å². The van der Waals surface area contributed by atoms with Gasteiger partial charge in [-0.25, -0.2) is 5.10 Å². The van der Waals surface area contributed by atoms with Crippen LogP contribution in [0, 0.1) is 0 Å². The summed E-state index contributed by atoms with van der Waals surface area (Å²) in [7, 11) is 0. The summed E-state index contributed by atoms with van der Waals surface area (Å²) in [5, 5.41) is 7.89. The normalized spacial score (nSPS) is 14.7. The molecule has 1 aromatic carbocycles. The predicted molar refractivity (Wildman–Crippen MR) is 110 cm³/mol. The van der Waals surface area contributed by atoms with Gasteiger partial charge in [0.2, 0.25) is 0 Å². The minimum Gasteiger partial charge on any atom is -0.354 e. The Labute approximate surface area is 162 Å². The molecule has 0 bridgehead atoms. The summed E-state index contributed by atoms with van der Waals surface area (Å²) in [6.07, 6.45) is 6.01. The largest absolute Gasteiger partial charge is 0.354 e. The molecule has 1 fully saturated rings. The van der Waals surface area contributed by atoms with Gasteiger partial charge in [-0.15, -0.1) is 0 Å². The number of nitrogens with zero attached hydrogens (tertiary/aromatic N) is 3. The molecule has 6 heteroatoms. The van der Waals surface area contributed by atoms with Crippen LogP contribution in [0.25, 0.3) is 33.4 Å². The Bertz CT molecular complexity index is 1170. The van der Waals surface area contributed by atoms with Crippen molar-refractivity contribution >= 4 is 10.9 Å². The van der Waals surface area contributed by atoms with Crippen molar-refractivity contribution in [1.29, 1.82) is 0 Å². The summed E-state index contributed by atoms with van der Waals surface area (Å²) in [6, 6.07) is 14.1. The van der Waals surface area contributed by atoms with Crippen molar-refractivity contribution in [2.24, 2.45) is 0 Å². The first-order chi connectivity index (χ1) is 13.8. The standard InChI is InChI=1S/C22H21N5O/c28-22-18(13-20(25-26-22)16-5-7-23-8-6-16)21-12-17-4-3-15(11-19(17)24-21)14-27-9-1-2-10-27/h3-8,11-13,24H,1-2,9-10,14H2,(H,26,28). The van der Waals surface area contributed by atoms with Gasteiger partial charge in [-0.3, -0.25) is 14.7 Å². The second-order valence-corrected chi connectivity index (χ2v) is 7.32. The summed E-state index contributed by atoms with van der Waals surface area (Å²) in [6.45, 7) is 3.34. The Kier molecular flexibility index (Phi) is 4.25. The first-order valence-corrected chi connectivity index (χ1v) is 9.61. The van der Waals surface area contributed by atoms with E-state index in [-0.39, 0.29) is 5.56 Å². The van der Waals surface area contributed by atoms with E-state index >= 15 is 0 Å². The van der Waals surface area contributed by atoms with Gasteiger partial charge in [0.25, 0.3) is 5.56 Å². The smallest absolute Gasteiger partial charge is 0.273 e. The quantitative estimate of drug-likeness (QED) is 0.575. The lowest BCUT2D eigenvalue weighted by atomic mass is 10.1. The SMILES string of the molecule is O=c1[nH]nc(-c2ccncc2)cc1-c1cc2ccc(CN3CCCC3)cc2[nH]1. The van der Waals surface area contributed by atoms with Gasteiger partial charge < -0.3 is 4.98 Å². The van der Waals surface area contributed by atoms with Gasteiger partial charge in [0.15, 0.2) is 0 Å². The number of hydrogen-bond acceptors (Lipinski definition) is 4. The van der Waals surface area contributed by atoms with Crippen molar-refractivity contribution in [2.45, 2.75) is 19.4 Å². The van der Waals surface area contributed by atoms with Gasteiger partial charge in [-0.2, -0.15) is 5.10 Å². The number of aromatic nitrogens is 4. The molecule has 5 rings (SSSR count). The number of aromatic amines is 2. The molecule has 1 saturated heterocycles. The molecule has 0 amide bonds. The molecule has 0 radical (unpaired) electrons. The molecule has 4 aromatic rings. The lowest BCUT2D eigenvalue weighted by molar-refractivity contribution is 0.331. The Morgan fingerprint density at radius 3 is 2.64 bits per heavy atom. The van der Waals surface area contributed by atoms with E-state index in [2.05, 4.69) is 43.3 Å². The minimum atomic E-state index is -0.207. The second kappa shape index (κ2) is 7.05. The highest BCUT2D eigenvalue weighted by molar-refractivity contribution is 5.86. The Hall–Kier alpha value is -3.25. The average molecular weight is 371 g/mol. The topological polar surface area (TPSA) is 77.7 Å². The Balaban J connectivity index is 1.51. The van der Waals surface area contributed by atoms with Gasteiger partial charge in [-0.1, -0.05) is 12.1 Å². The second-order valence-electron chi connectivity index (χ2n) is 7.32. The molecule has 6 nitrogen and oxygen atoms in total. The maximum absolute atomic E-state index is 12.4. The van der Waals surface area contributed by atoms with Crippen LogP contribution in [0.5, 0.6) is 0 Å². The van der Waals surface area contributed by atoms with Crippen LogP contribution in [0.15, 0.2) is 59.7 Å². The first-order valence-electron chi connectivity index (χ1n) is 9.61. The molecule has 0 unspecified atom stereocenters. The third-order valence-corrected chi connectivity index (χ3v) is 5.36. The van der Waals surface area contributed by atoms with Crippen molar-refractivity contribution < 1.29 is 0 Å². The molecule has 2 N–H and O–H groups in total. The lowest BCUT2D eigenvalue weighted by Gasteiger charge is -2.14. The molecular weight excluding hydrogens is 350 g/mol. The minimum absolute atomic E-state index is 0.207. The van der Waals surface area contributed by atoms with Crippen LogP contribution in [0.1, 0.15) is 18.4 Å². The molecule has 1 aliphatic rings. The van der Waals surface area contributed by atoms with Crippen LogP contribution < -0.4 is 5.56 Å². The summed E-state index contributed by atoms with van der Waals surface area (Å²) >= 11 is 0. The van der Waals surface area contributed by atoms with Gasteiger partial charge >= 0.3 is 0 Å².